The van der Waals surface area contributed by atoms with Crippen molar-refractivity contribution in [3.8, 4) is 0 Å². The van der Waals surface area contributed by atoms with Crippen LogP contribution in [0.25, 0.3) is 0 Å². The van der Waals surface area contributed by atoms with Crippen molar-refractivity contribution in [3.63, 3.8) is 0 Å². The first kappa shape index (κ1) is 13.5. The number of hydrogen-bond donors (Lipinski definition) is 0. The predicted molar refractivity (Wildman–Crippen MR) is 64.0 cm³/mol. The molecule has 0 saturated carbocycles. The highest BCUT2D eigenvalue weighted by molar-refractivity contribution is 7.86. The molecule has 3 nitrogen and oxygen atoms in total. The van der Waals surface area contributed by atoms with E-state index in [1.165, 1.54) is 12.1 Å². The molecule has 0 radical (unpaired) electrons. The smallest absolute Gasteiger partial charge is 0.266 e. The van der Waals surface area contributed by atoms with Crippen LogP contribution < -0.4 is 0 Å². The molecule has 1 rings (SSSR count). The van der Waals surface area contributed by atoms with Crippen molar-refractivity contribution in [2.24, 2.45) is 5.41 Å². The molecule has 0 aromatic heterocycles. The van der Waals surface area contributed by atoms with Crippen LogP contribution in [-0.4, -0.2) is 15.0 Å². The van der Waals surface area contributed by atoms with Gasteiger partial charge in [0.05, 0.1) is 11.6 Å². The molecule has 1 aromatic rings. The molecule has 90 valence electrons. The Balaban J connectivity index is 2.92. The highest BCUT2D eigenvalue weighted by Crippen LogP contribution is 2.24. The van der Waals surface area contributed by atoms with Crippen LogP contribution in [0.1, 0.15) is 20.8 Å². The Labute approximate surface area is 102 Å². The van der Waals surface area contributed by atoms with E-state index in [1.54, 1.807) is 12.1 Å². The third kappa shape index (κ3) is 3.77. The highest BCUT2D eigenvalue weighted by Gasteiger charge is 2.21. The lowest BCUT2D eigenvalue weighted by Gasteiger charge is -2.17. The van der Waals surface area contributed by atoms with Gasteiger partial charge in [0.25, 0.3) is 10.1 Å². The molecule has 0 aliphatic heterocycles. The summed E-state index contributed by atoms with van der Waals surface area (Å²) in [5, 5.41) is 0.177. The van der Waals surface area contributed by atoms with Gasteiger partial charge in [-0.2, -0.15) is 8.42 Å². The Morgan fingerprint density at radius 2 is 1.81 bits per heavy atom. The lowest BCUT2D eigenvalue weighted by atomic mass is 9.99. The highest BCUT2D eigenvalue weighted by atomic mass is 35.5. The lowest BCUT2D eigenvalue weighted by molar-refractivity contribution is 0.203. The summed E-state index contributed by atoms with van der Waals surface area (Å²) in [5.74, 6) is 0. The zero-order valence-corrected chi connectivity index (χ0v) is 11.1. The van der Waals surface area contributed by atoms with Gasteiger partial charge in [-0.25, -0.2) is 0 Å². The number of rotatable bonds is 3. The molecule has 0 N–H and O–H groups in total. The van der Waals surface area contributed by atoms with Crippen LogP contribution in [-0.2, 0) is 14.3 Å². The van der Waals surface area contributed by atoms with Crippen molar-refractivity contribution in [2.75, 3.05) is 6.61 Å². The van der Waals surface area contributed by atoms with Crippen LogP contribution in [0.4, 0.5) is 0 Å². The van der Waals surface area contributed by atoms with E-state index >= 15 is 0 Å². The van der Waals surface area contributed by atoms with Crippen molar-refractivity contribution in [1.82, 2.24) is 0 Å². The summed E-state index contributed by atoms with van der Waals surface area (Å²) in [6.45, 7) is 5.82. The van der Waals surface area contributed by atoms with Gasteiger partial charge in [-0.1, -0.05) is 44.5 Å². The van der Waals surface area contributed by atoms with Crippen LogP contribution >= 0.6 is 11.6 Å². The number of hydrogen-bond acceptors (Lipinski definition) is 3. The third-order valence-corrected chi connectivity index (χ3v) is 3.52. The molecule has 0 unspecified atom stereocenters. The summed E-state index contributed by atoms with van der Waals surface area (Å²) in [7, 11) is -3.76. The summed E-state index contributed by atoms with van der Waals surface area (Å²) in [5.41, 5.74) is -0.214. The van der Waals surface area contributed by atoms with Crippen LogP contribution in [0.3, 0.4) is 0 Å². The minimum absolute atomic E-state index is 0.0147. The molecule has 0 aliphatic rings. The SMILES string of the molecule is CC(C)(C)COS(=O)(=O)c1ccccc1Cl. The molecule has 0 spiro atoms. The van der Waals surface area contributed by atoms with Gasteiger partial charge in [0.15, 0.2) is 0 Å². The Morgan fingerprint density at radius 1 is 1.25 bits per heavy atom. The molecule has 0 aliphatic carbocycles. The summed E-state index contributed by atoms with van der Waals surface area (Å²) < 4.78 is 28.5. The van der Waals surface area contributed by atoms with E-state index < -0.39 is 10.1 Å². The molecule has 1 aromatic carbocycles. The van der Waals surface area contributed by atoms with Crippen molar-refractivity contribution in [1.29, 1.82) is 0 Å². The van der Waals surface area contributed by atoms with E-state index in [0.717, 1.165) is 0 Å². The first-order valence-corrected chi connectivity index (χ1v) is 6.65. The molecule has 0 atom stereocenters. The number of benzene rings is 1. The second-order valence-corrected chi connectivity index (χ2v) is 6.70. The maximum atomic E-state index is 11.8. The van der Waals surface area contributed by atoms with Crippen LogP contribution in [0.5, 0.6) is 0 Å². The standard InChI is InChI=1S/C11H15ClO3S/c1-11(2,3)8-15-16(13,14)10-7-5-4-6-9(10)12/h4-7H,8H2,1-3H3. The summed E-state index contributed by atoms with van der Waals surface area (Å²) in [4.78, 5) is 0.0147. The molecule has 0 fully saturated rings. The first-order valence-electron chi connectivity index (χ1n) is 4.86. The summed E-state index contributed by atoms with van der Waals surface area (Å²) >= 11 is 5.80. The number of halogens is 1. The van der Waals surface area contributed by atoms with Gasteiger partial charge in [-0.3, -0.25) is 4.18 Å². The Hall–Kier alpha value is -0.580. The minimum Gasteiger partial charge on any atom is -0.266 e. The van der Waals surface area contributed by atoms with Gasteiger partial charge >= 0.3 is 0 Å². The molecule has 0 bridgehead atoms. The average Bonchev–Trinajstić information content (AvgIpc) is 2.14. The van der Waals surface area contributed by atoms with E-state index in [2.05, 4.69) is 0 Å². The molecular formula is C11H15ClO3S. The van der Waals surface area contributed by atoms with Crippen molar-refractivity contribution < 1.29 is 12.6 Å². The molecular weight excluding hydrogens is 248 g/mol. The molecule has 16 heavy (non-hydrogen) atoms. The van der Waals surface area contributed by atoms with Gasteiger partial charge in [-0.05, 0) is 17.5 Å². The van der Waals surface area contributed by atoms with Gasteiger partial charge < -0.3 is 0 Å². The fourth-order valence-electron chi connectivity index (χ4n) is 0.965. The average molecular weight is 263 g/mol. The van der Waals surface area contributed by atoms with Crippen LogP contribution in [0, 0.1) is 5.41 Å². The zero-order chi connectivity index (χ0) is 12.4. The predicted octanol–water partition coefficient (Wildman–Crippen LogP) is 3.09. The van der Waals surface area contributed by atoms with E-state index in [4.69, 9.17) is 15.8 Å². The molecule has 0 saturated heterocycles. The monoisotopic (exact) mass is 262 g/mol. The molecule has 5 heteroatoms. The Morgan fingerprint density at radius 3 is 2.31 bits per heavy atom. The van der Waals surface area contributed by atoms with E-state index in [9.17, 15) is 8.42 Å². The van der Waals surface area contributed by atoms with Crippen LogP contribution in [0.15, 0.2) is 29.2 Å². The maximum absolute atomic E-state index is 11.8. The van der Waals surface area contributed by atoms with Crippen molar-refractivity contribution in [2.45, 2.75) is 25.7 Å². The first-order chi connectivity index (χ1) is 7.22. The van der Waals surface area contributed by atoms with Crippen molar-refractivity contribution >= 4 is 21.7 Å². The molecule has 0 amide bonds. The van der Waals surface area contributed by atoms with E-state index in [0.29, 0.717) is 0 Å². The second-order valence-electron chi connectivity index (χ2n) is 4.71. The molecule has 0 heterocycles. The van der Waals surface area contributed by atoms with E-state index in [1.807, 2.05) is 20.8 Å². The van der Waals surface area contributed by atoms with Crippen molar-refractivity contribution in [3.05, 3.63) is 29.3 Å². The summed E-state index contributed by atoms with van der Waals surface area (Å²) in [6.07, 6.45) is 0. The van der Waals surface area contributed by atoms with Gasteiger partial charge in [0.1, 0.15) is 4.90 Å². The largest absolute Gasteiger partial charge is 0.298 e. The third-order valence-electron chi connectivity index (χ3n) is 1.75. The fourth-order valence-corrected chi connectivity index (χ4v) is 2.57. The topological polar surface area (TPSA) is 43.4 Å². The fraction of sp³-hybridized carbons (Fsp3) is 0.455. The minimum atomic E-state index is -3.76. The van der Waals surface area contributed by atoms with Gasteiger partial charge in [-0.15, -0.1) is 0 Å². The maximum Gasteiger partial charge on any atom is 0.298 e. The quantitative estimate of drug-likeness (QED) is 0.786. The van der Waals surface area contributed by atoms with Crippen LogP contribution in [0.2, 0.25) is 5.02 Å². The normalized spacial score (nSPS) is 12.8. The Bertz CT molecular complexity index is 460. The zero-order valence-electron chi connectivity index (χ0n) is 9.53. The van der Waals surface area contributed by atoms with Gasteiger partial charge in [0.2, 0.25) is 0 Å². The lowest BCUT2D eigenvalue weighted by Crippen LogP contribution is -2.18. The van der Waals surface area contributed by atoms with Gasteiger partial charge in [0, 0.05) is 0 Å². The second kappa shape index (κ2) is 4.73. The Kier molecular flexibility index (Phi) is 3.99. The van der Waals surface area contributed by atoms with E-state index in [-0.39, 0.29) is 21.9 Å². The summed E-state index contributed by atoms with van der Waals surface area (Å²) in [6, 6.07) is 6.24.